The maximum absolute atomic E-state index is 13.2. The zero-order chi connectivity index (χ0) is 22.5. The standard InChI is InChI=1S/C22H42N2O3S2/c1-16(2)14-20(3,4)18(26)23-11-13-28-29-22(7,8)21(5,6)19(27)24-12-9-10-17(24)15-25/h16-17,25H,9-15H2,1-8H3,(H,23,26). The van der Waals surface area contributed by atoms with Crippen LogP contribution in [0.4, 0.5) is 0 Å². The van der Waals surface area contributed by atoms with Crippen LogP contribution in [-0.4, -0.2) is 58.1 Å². The van der Waals surface area contributed by atoms with Crippen LogP contribution < -0.4 is 5.32 Å². The average Bonchev–Trinajstić information content (AvgIpc) is 3.07. The van der Waals surface area contributed by atoms with Crippen LogP contribution in [0.1, 0.15) is 74.7 Å². The van der Waals surface area contributed by atoms with Gasteiger partial charge in [-0.05, 0) is 52.9 Å². The fraction of sp³-hybridized carbons (Fsp3) is 0.909. The summed E-state index contributed by atoms with van der Waals surface area (Å²) in [6.45, 7) is 17.9. The number of aliphatic hydroxyl groups excluding tert-OH is 1. The van der Waals surface area contributed by atoms with E-state index in [-0.39, 0.29) is 34.6 Å². The molecule has 1 saturated heterocycles. The Labute approximate surface area is 185 Å². The Morgan fingerprint density at radius 1 is 1.17 bits per heavy atom. The molecule has 1 aliphatic heterocycles. The first kappa shape index (κ1) is 26.6. The maximum atomic E-state index is 13.2. The lowest BCUT2D eigenvalue weighted by Crippen LogP contribution is -2.52. The van der Waals surface area contributed by atoms with Crippen LogP contribution in [0.15, 0.2) is 0 Å². The molecule has 0 bridgehead atoms. The van der Waals surface area contributed by atoms with Crippen molar-refractivity contribution in [1.29, 1.82) is 0 Å². The van der Waals surface area contributed by atoms with E-state index in [0.717, 1.165) is 31.6 Å². The fourth-order valence-corrected chi connectivity index (χ4v) is 6.63. The van der Waals surface area contributed by atoms with Gasteiger partial charge < -0.3 is 15.3 Å². The van der Waals surface area contributed by atoms with Crippen LogP contribution in [0, 0.1) is 16.7 Å². The van der Waals surface area contributed by atoms with E-state index in [1.165, 1.54) is 0 Å². The van der Waals surface area contributed by atoms with Gasteiger partial charge in [-0.15, -0.1) is 0 Å². The van der Waals surface area contributed by atoms with Crippen molar-refractivity contribution in [3.8, 4) is 0 Å². The van der Waals surface area contributed by atoms with Crippen molar-refractivity contribution in [2.24, 2.45) is 16.7 Å². The molecular weight excluding hydrogens is 404 g/mol. The monoisotopic (exact) mass is 446 g/mol. The van der Waals surface area contributed by atoms with Crippen molar-refractivity contribution >= 4 is 33.4 Å². The van der Waals surface area contributed by atoms with E-state index in [4.69, 9.17) is 0 Å². The van der Waals surface area contributed by atoms with Gasteiger partial charge in [-0.3, -0.25) is 9.59 Å². The van der Waals surface area contributed by atoms with Gasteiger partial charge in [0.25, 0.3) is 0 Å². The summed E-state index contributed by atoms with van der Waals surface area (Å²) in [5.41, 5.74) is -0.899. The summed E-state index contributed by atoms with van der Waals surface area (Å²) in [6, 6.07) is -0.0420. The number of carbonyl (C=O) groups excluding carboxylic acids is 2. The molecule has 29 heavy (non-hydrogen) atoms. The summed E-state index contributed by atoms with van der Waals surface area (Å²) in [6.07, 6.45) is 2.71. The van der Waals surface area contributed by atoms with E-state index >= 15 is 0 Å². The van der Waals surface area contributed by atoms with Gasteiger partial charge in [0.2, 0.25) is 11.8 Å². The summed E-state index contributed by atoms with van der Waals surface area (Å²) < 4.78 is -0.279. The Morgan fingerprint density at radius 3 is 2.34 bits per heavy atom. The lowest BCUT2D eigenvalue weighted by molar-refractivity contribution is -0.143. The maximum Gasteiger partial charge on any atom is 0.229 e. The molecule has 1 atom stereocenters. The van der Waals surface area contributed by atoms with Gasteiger partial charge in [0.1, 0.15) is 0 Å². The highest BCUT2D eigenvalue weighted by molar-refractivity contribution is 8.77. The third-order valence-corrected chi connectivity index (χ3v) is 9.68. The van der Waals surface area contributed by atoms with Crippen molar-refractivity contribution in [3.63, 3.8) is 0 Å². The Bertz CT molecular complexity index is 562. The molecule has 2 N–H and O–H groups in total. The molecule has 0 aromatic carbocycles. The third-order valence-electron chi connectivity index (χ3n) is 6.16. The summed E-state index contributed by atoms with van der Waals surface area (Å²) in [5, 5.41) is 12.6. The minimum atomic E-state index is -0.551. The SMILES string of the molecule is CC(C)CC(C)(C)C(=O)NCCSSC(C)(C)C(C)(C)C(=O)N1CCCC1CO. The molecule has 0 spiro atoms. The molecule has 0 aromatic heterocycles. The Kier molecular flexibility index (Phi) is 9.88. The van der Waals surface area contributed by atoms with Crippen LogP contribution in [0.3, 0.4) is 0 Å². The predicted molar refractivity (Wildman–Crippen MR) is 126 cm³/mol. The first-order chi connectivity index (χ1) is 13.3. The number of likely N-dealkylation sites (tertiary alicyclic amines) is 1. The Morgan fingerprint density at radius 2 is 1.79 bits per heavy atom. The minimum Gasteiger partial charge on any atom is -0.394 e. The van der Waals surface area contributed by atoms with Crippen molar-refractivity contribution in [2.45, 2.75) is 85.4 Å². The second kappa shape index (κ2) is 10.8. The van der Waals surface area contributed by atoms with Crippen molar-refractivity contribution in [3.05, 3.63) is 0 Å². The van der Waals surface area contributed by atoms with E-state index in [1.54, 1.807) is 21.6 Å². The van der Waals surface area contributed by atoms with E-state index in [0.29, 0.717) is 12.5 Å². The fourth-order valence-electron chi connectivity index (χ4n) is 3.76. The second-order valence-corrected chi connectivity index (χ2v) is 13.3. The van der Waals surface area contributed by atoms with Crippen molar-refractivity contribution in [1.82, 2.24) is 10.2 Å². The topological polar surface area (TPSA) is 69.6 Å². The number of aliphatic hydroxyl groups is 1. The highest BCUT2D eigenvalue weighted by Gasteiger charge is 2.47. The van der Waals surface area contributed by atoms with Gasteiger partial charge in [-0.25, -0.2) is 0 Å². The number of nitrogens with zero attached hydrogens (tertiary/aromatic N) is 1. The first-order valence-corrected chi connectivity index (χ1v) is 13.1. The molecule has 0 saturated carbocycles. The smallest absolute Gasteiger partial charge is 0.229 e. The summed E-state index contributed by atoms with van der Waals surface area (Å²) in [7, 11) is 3.41. The van der Waals surface area contributed by atoms with E-state index in [2.05, 4.69) is 33.0 Å². The highest BCUT2D eigenvalue weighted by atomic mass is 33.1. The van der Waals surface area contributed by atoms with Crippen LogP contribution >= 0.6 is 21.6 Å². The van der Waals surface area contributed by atoms with Crippen LogP contribution in [-0.2, 0) is 9.59 Å². The van der Waals surface area contributed by atoms with Crippen molar-refractivity contribution in [2.75, 3.05) is 25.4 Å². The molecule has 2 amide bonds. The first-order valence-electron chi connectivity index (χ1n) is 10.8. The third kappa shape index (κ3) is 7.06. The molecule has 1 rings (SSSR count). The van der Waals surface area contributed by atoms with Gasteiger partial charge in [0.15, 0.2) is 0 Å². The van der Waals surface area contributed by atoms with Gasteiger partial charge in [0, 0.05) is 29.0 Å². The van der Waals surface area contributed by atoms with Gasteiger partial charge in [0.05, 0.1) is 18.1 Å². The average molecular weight is 447 g/mol. The van der Waals surface area contributed by atoms with E-state index in [9.17, 15) is 14.7 Å². The van der Waals surface area contributed by atoms with E-state index in [1.807, 2.05) is 32.6 Å². The Balaban J connectivity index is 2.51. The van der Waals surface area contributed by atoms with Gasteiger partial charge in [-0.2, -0.15) is 0 Å². The van der Waals surface area contributed by atoms with E-state index < -0.39 is 5.41 Å². The molecule has 1 heterocycles. The largest absolute Gasteiger partial charge is 0.394 e. The number of rotatable bonds is 11. The van der Waals surface area contributed by atoms with Crippen molar-refractivity contribution < 1.29 is 14.7 Å². The minimum absolute atomic E-state index is 0.0387. The summed E-state index contributed by atoms with van der Waals surface area (Å²) >= 11 is 0. The zero-order valence-electron chi connectivity index (χ0n) is 19.6. The summed E-state index contributed by atoms with van der Waals surface area (Å²) in [4.78, 5) is 27.5. The zero-order valence-corrected chi connectivity index (χ0v) is 21.3. The lowest BCUT2D eigenvalue weighted by atomic mass is 9.78. The van der Waals surface area contributed by atoms with Crippen LogP contribution in [0.5, 0.6) is 0 Å². The molecular formula is C22H42N2O3S2. The number of amides is 2. The molecule has 0 radical (unpaired) electrons. The predicted octanol–water partition coefficient (Wildman–Crippen LogP) is 4.34. The molecule has 5 nitrogen and oxygen atoms in total. The van der Waals surface area contributed by atoms with Gasteiger partial charge >= 0.3 is 0 Å². The number of hydrogen-bond acceptors (Lipinski definition) is 5. The molecule has 1 unspecified atom stereocenters. The van der Waals surface area contributed by atoms with Gasteiger partial charge in [-0.1, -0.05) is 49.3 Å². The highest BCUT2D eigenvalue weighted by Crippen LogP contribution is 2.48. The van der Waals surface area contributed by atoms with Crippen LogP contribution in [0.2, 0.25) is 0 Å². The Hall–Kier alpha value is -0.400. The molecule has 1 aliphatic rings. The molecule has 170 valence electrons. The number of hydrogen-bond donors (Lipinski definition) is 2. The molecule has 0 aromatic rings. The quantitative estimate of drug-likeness (QED) is 0.365. The molecule has 0 aliphatic carbocycles. The number of carbonyl (C=O) groups is 2. The normalized spacial score (nSPS) is 18.4. The second-order valence-electron chi connectivity index (χ2n) is 10.3. The summed E-state index contributed by atoms with van der Waals surface area (Å²) in [5.74, 6) is 1.51. The molecule has 7 heteroatoms. The molecule has 1 fully saturated rings. The van der Waals surface area contributed by atoms with Crippen LogP contribution in [0.25, 0.3) is 0 Å². The lowest BCUT2D eigenvalue weighted by Gasteiger charge is -2.42. The number of nitrogens with one attached hydrogen (secondary N) is 1.